The summed E-state index contributed by atoms with van der Waals surface area (Å²) in [5.41, 5.74) is 0.122. The summed E-state index contributed by atoms with van der Waals surface area (Å²) in [7, 11) is 0. The Hall–Kier alpha value is -2.15. The van der Waals surface area contributed by atoms with E-state index in [-0.39, 0.29) is 18.0 Å². The van der Waals surface area contributed by atoms with Gasteiger partial charge in [-0.2, -0.15) is 0 Å². The summed E-state index contributed by atoms with van der Waals surface area (Å²) in [6.07, 6.45) is 2.65. The van der Waals surface area contributed by atoms with Gasteiger partial charge in [0, 0.05) is 24.4 Å². The summed E-state index contributed by atoms with van der Waals surface area (Å²) in [5.74, 6) is -0.384. The first-order valence-electron chi connectivity index (χ1n) is 6.04. The smallest absolute Gasteiger partial charge is 0.339 e. The van der Waals surface area contributed by atoms with E-state index in [1.54, 1.807) is 13.1 Å². The number of nitrogens with one attached hydrogen (secondary N) is 1. The van der Waals surface area contributed by atoms with Crippen molar-refractivity contribution in [1.29, 1.82) is 0 Å². The third-order valence-corrected chi connectivity index (χ3v) is 3.55. The van der Waals surface area contributed by atoms with E-state index in [0.29, 0.717) is 24.4 Å². The van der Waals surface area contributed by atoms with Crippen molar-refractivity contribution in [3.8, 4) is 0 Å². The van der Waals surface area contributed by atoms with Crippen molar-refractivity contribution in [2.24, 2.45) is 0 Å². The molecule has 106 valence electrons. The van der Waals surface area contributed by atoms with Crippen LogP contribution in [-0.4, -0.2) is 22.0 Å². The van der Waals surface area contributed by atoms with Gasteiger partial charge in [-0.1, -0.05) is 0 Å². The molecular weight excluding hydrogens is 280 g/mol. The summed E-state index contributed by atoms with van der Waals surface area (Å²) in [4.78, 5) is 26.6. The van der Waals surface area contributed by atoms with E-state index < -0.39 is 5.97 Å². The highest BCUT2D eigenvalue weighted by Gasteiger charge is 2.14. The lowest BCUT2D eigenvalue weighted by molar-refractivity contribution is -0.121. The van der Waals surface area contributed by atoms with Crippen LogP contribution in [0.1, 0.15) is 33.3 Å². The largest absolute Gasteiger partial charge is 0.478 e. The maximum Gasteiger partial charge on any atom is 0.339 e. The van der Waals surface area contributed by atoms with Gasteiger partial charge in [-0.25, -0.2) is 9.78 Å². The molecule has 2 N–H and O–H groups in total. The van der Waals surface area contributed by atoms with Crippen LogP contribution in [0.4, 0.5) is 0 Å². The highest BCUT2D eigenvalue weighted by molar-refractivity contribution is 7.09. The van der Waals surface area contributed by atoms with Crippen molar-refractivity contribution in [2.45, 2.75) is 26.3 Å². The van der Waals surface area contributed by atoms with E-state index in [1.807, 2.05) is 5.38 Å². The number of amides is 1. The average Bonchev–Trinajstić information content (AvgIpc) is 3.03. The van der Waals surface area contributed by atoms with Gasteiger partial charge in [0.25, 0.3) is 0 Å². The number of nitrogens with zero attached hydrogens (tertiary/aromatic N) is 1. The van der Waals surface area contributed by atoms with Gasteiger partial charge in [0.15, 0.2) is 0 Å². The van der Waals surface area contributed by atoms with E-state index in [0.717, 1.165) is 5.01 Å². The van der Waals surface area contributed by atoms with Crippen LogP contribution in [0.3, 0.4) is 0 Å². The summed E-state index contributed by atoms with van der Waals surface area (Å²) >= 11 is 1.51. The van der Waals surface area contributed by atoms with E-state index in [1.165, 1.54) is 17.4 Å². The van der Waals surface area contributed by atoms with Crippen molar-refractivity contribution in [1.82, 2.24) is 10.3 Å². The minimum atomic E-state index is -1.03. The van der Waals surface area contributed by atoms with Crippen LogP contribution >= 0.6 is 11.3 Å². The Balaban J connectivity index is 1.81. The Kier molecular flexibility index (Phi) is 4.52. The van der Waals surface area contributed by atoms with Crippen LogP contribution in [0, 0.1) is 6.92 Å². The second-order valence-electron chi connectivity index (χ2n) is 4.19. The summed E-state index contributed by atoms with van der Waals surface area (Å²) in [5, 5.41) is 14.4. The molecule has 0 spiro atoms. The Morgan fingerprint density at radius 1 is 1.50 bits per heavy atom. The number of aryl methyl sites for hydroxylation is 2. The normalized spacial score (nSPS) is 10.4. The van der Waals surface area contributed by atoms with Gasteiger partial charge in [0.2, 0.25) is 5.91 Å². The van der Waals surface area contributed by atoms with Crippen LogP contribution in [0.15, 0.2) is 22.1 Å². The molecule has 0 aromatic carbocycles. The molecule has 0 aliphatic carbocycles. The number of hydrogen-bond acceptors (Lipinski definition) is 5. The number of aromatic carboxylic acids is 1. The highest BCUT2D eigenvalue weighted by Crippen LogP contribution is 2.14. The predicted octanol–water partition coefficient (Wildman–Crippen LogP) is 1.99. The minimum Gasteiger partial charge on any atom is -0.478 e. The number of carboxylic acid groups (broad SMARTS) is 1. The molecule has 1 amide bonds. The molecule has 2 aromatic heterocycles. The van der Waals surface area contributed by atoms with Crippen LogP contribution in [0.25, 0.3) is 0 Å². The molecule has 0 radical (unpaired) electrons. The Morgan fingerprint density at radius 3 is 2.90 bits per heavy atom. The summed E-state index contributed by atoms with van der Waals surface area (Å²) in [6.45, 7) is 1.77. The molecule has 0 fully saturated rings. The predicted molar refractivity (Wildman–Crippen MR) is 72.7 cm³/mol. The van der Waals surface area contributed by atoms with Crippen molar-refractivity contribution >= 4 is 23.2 Å². The second kappa shape index (κ2) is 6.33. The maximum absolute atomic E-state index is 11.6. The van der Waals surface area contributed by atoms with Gasteiger partial charge in [-0.15, -0.1) is 11.3 Å². The van der Waals surface area contributed by atoms with Crippen molar-refractivity contribution in [2.75, 3.05) is 0 Å². The molecule has 0 unspecified atom stereocenters. The third-order valence-electron chi connectivity index (χ3n) is 2.71. The van der Waals surface area contributed by atoms with Crippen molar-refractivity contribution in [3.05, 3.63) is 39.7 Å². The Morgan fingerprint density at radius 2 is 2.30 bits per heavy atom. The van der Waals surface area contributed by atoms with E-state index >= 15 is 0 Å². The first kappa shape index (κ1) is 14.3. The van der Waals surface area contributed by atoms with Gasteiger partial charge in [-0.05, 0) is 13.0 Å². The van der Waals surface area contributed by atoms with Crippen LogP contribution in [-0.2, 0) is 17.8 Å². The maximum atomic E-state index is 11.6. The molecule has 2 aromatic rings. The second-order valence-corrected chi connectivity index (χ2v) is 5.17. The molecule has 0 atom stereocenters. The quantitative estimate of drug-likeness (QED) is 0.850. The zero-order valence-corrected chi connectivity index (χ0v) is 11.7. The van der Waals surface area contributed by atoms with Gasteiger partial charge in [0.05, 0.1) is 11.6 Å². The lowest BCUT2D eigenvalue weighted by Gasteiger charge is -2.01. The molecule has 2 rings (SSSR count). The number of furan rings is 1. The van der Waals surface area contributed by atoms with Gasteiger partial charge in [-0.3, -0.25) is 4.79 Å². The molecule has 0 saturated heterocycles. The van der Waals surface area contributed by atoms with E-state index in [2.05, 4.69) is 10.3 Å². The Labute approximate surface area is 119 Å². The van der Waals surface area contributed by atoms with Crippen molar-refractivity contribution in [3.63, 3.8) is 0 Å². The highest BCUT2D eigenvalue weighted by atomic mass is 32.1. The molecule has 20 heavy (non-hydrogen) atoms. The summed E-state index contributed by atoms with van der Waals surface area (Å²) < 4.78 is 5.27. The van der Waals surface area contributed by atoms with Crippen LogP contribution < -0.4 is 5.32 Å². The molecule has 0 aliphatic rings. The number of thiazole rings is 1. The lowest BCUT2D eigenvalue weighted by Crippen LogP contribution is -2.22. The first-order valence-corrected chi connectivity index (χ1v) is 6.92. The summed E-state index contributed by atoms with van der Waals surface area (Å²) in [6, 6.07) is 1.43. The topological polar surface area (TPSA) is 92.4 Å². The zero-order chi connectivity index (χ0) is 14.5. The first-order chi connectivity index (χ1) is 9.56. The fourth-order valence-electron chi connectivity index (χ4n) is 1.71. The number of rotatable bonds is 6. The van der Waals surface area contributed by atoms with Crippen molar-refractivity contribution < 1.29 is 19.1 Å². The van der Waals surface area contributed by atoms with Crippen LogP contribution in [0.5, 0.6) is 0 Å². The number of hydrogen-bond donors (Lipinski definition) is 2. The fraction of sp³-hybridized carbons (Fsp3) is 0.308. The molecular formula is C13H14N2O4S. The lowest BCUT2D eigenvalue weighted by atomic mass is 10.2. The number of carboxylic acids is 1. The van der Waals surface area contributed by atoms with E-state index in [4.69, 9.17) is 9.52 Å². The SMILES string of the molecule is Cc1oc(CNC(=O)CCc2nccs2)cc1C(=O)O. The van der Waals surface area contributed by atoms with Gasteiger partial charge in [0.1, 0.15) is 17.1 Å². The number of aromatic nitrogens is 1. The van der Waals surface area contributed by atoms with Crippen LogP contribution in [0.2, 0.25) is 0 Å². The monoisotopic (exact) mass is 294 g/mol. The van der Waals surface area contributed by atoms with Gasteiger partial charge < -0.3 is 14.8 Å². The number of carbonyl (C=O) groups excluding carboxylic acids is 1. The molecule has 0 aliphatic heterocycles. The molecule has 2 heterocycles. The molecule has 7 heteroatoms. The third kappa shape index (κ3) is 3.67. The van der Waals surface area contributed by atoms with Gasteiger partial charge >= 0.3 is 5.97 Å². The number of carbonyl (C=O) groups is 2. The molecule has 0 bridgehead atoms. The average molecular weight is 294 g/mol. The molecule has 6 nitrogen and oxygen atoms in total. The van der Waals surface area contributed by atoms with E-state index in [9.17, 15) is 9.59 Å². The Bertz CT molecular complexity index is 604. The minimum absolute atomic E-state index is 0.119. The standard InChI is InChI=1S/C13H14N2O4S/c1-8-10(13(17)18)6-9(19-8)7-15-11(16)2-3-12-14-4-5-20-12/h4-6H,2-3,7H2,1H3,(H,15,16)(H,17,18). The molecule has 0 saturated carbocycles. The fourth-order valence-corrected chi connectivity index (χ4v) is 2.33. The zero-order valence-electron chi connectivity index (χ0n) is 10.9.